The fraction of sp³-hybridized carbons (Fsp3) is 0.632. The molecule has 0 bridgehead atoms. The van der Waals surface area contributed by atoms with Crippen LogP contribution in [-0.4, -0.2) is 47.5 Å². The van der Waals surface area contributed by atoms with Crippen LogP contribution in [0.4, 0.5) is 5.69 Å². The number of benzene rings is 1. The van der Waals surface area contributed by atoms with Gasteiger partial charge in [-0.3, -0.25) is 9.89 Å². The molecule has 1 saturated heterocycles. The normalized spacial score (nSPS) is 21.0. The first kappa shape index (κ1) is 20.8. The first-order valence-electron chi connectivity index (χ1n) is 9.06. The van der Waals surface area contributed by atoms with Crippen molar-refractivity contribution < 1.29 is 0 Å². The third kappa shape index (κ3) is 5.26. The van der Waals surface area contributed by atoms with Crippen molar-refractivity contribution in [3.05, 3.63) is 29.3 Å². The molecular weight excluding hydrogens is 443 g/mol. The molecule has 1 aliphatic carbocycles. The Labute approximate surface area is 173 Å². The lowest BCUT2D eigenvalue weighted by Crippen LogP contribution is -2.52. The van der Waals surface area contributed by atoms with Crippen LogP contribution in [0.3, 0.4) is 0 Å². The lowest BCUT2D eigenvalue weighted by atomic mass is 9.95. The van der Waals surface area contributed by atoms with Crippen molar-refractivity contribution >= 4 is 47.4 Å². The molecule has 0 aromatic heterocycles. The van der Waals surface area contributed by atoms with Crippen molar-refractivity contribution in [3.63, 3.8) is 0 Å². The van der Waals surface area contributed by atoms with Gasteiger partial charge in [-0.1, -0.05) is 18.9 Å². The van der Waals surface area contributed by atoms with E-state index in [9.17, 15) is 0 Å². The number of aryl methyl sites for hydroxylation is 2. The highest BCUT2D eigenvalue weighted by Gasteiger charge is 2.39. The minimum Gasteiger partial charge on any atom is -0.370 e. The molecule has 6 heteroatoms. The van der Waals surface area contributed by atoms with Gasteiger partial charge in [0.2, 0.25) is 0 Å². The molecule has 3 rings (SSSR count). The summed E-state index contributed by atoms with van der Waals surface area (Å²) in [6.07, 6.45) is 5.17. The molecule has 4 nitrogen and oxygen atoms in total. The van der Waals surface area contributed by atoms with E-state index < -0.39 is 0 Å². The summed E-state index contributed by atoms with van der Waals surface area (Å²) in [7, 11) is 0. The van der Waals surface area contributed by atoms with Gasteiger partial charge in [-0.05, 0) is 49.9 Å². The number of nitrogens with zero attached hydrogens (tertiary/aromatic N) is 2. The average molecular weight is 474 g/mol. The minimum absolute atomic E-state index is 0. The Bertz CT molecular complexity index is 593. The average Bonchev–Trinajstić information content (AvgIpc) is 3.07. The quantitative estimate of drug-likeness (QED) is 0.394. The van der Waals surface area contributed by atoms with Crippen molar-refractivity contribution in [2.75, 3.05) is 36.5 Å². The molecule has 25 heavy (non-hydrogen) atoms. The summed E-state index contributed by atoms with van der Waals surface area (Å²) in [5.41, 5.74) is 10.0. The predicted octanol–water partition coefficient (Wildman–Crippen LogP) is 4.01. The van der Waals surface area contributed by atoms with Gasteiger partial charge in [0.25, 0.3) is 0 Å². The lowest BCUT2D eigenvalue weighted by Gasteiger charge is -2.42. The maximum Gasteiger partial charge on any atom is 0.193 e. The van der Waals surface area contributed by atoms with Gasteiger partial charge in [-0.25, -0.2) is 0 Å². The van der Waals surface area contributed by atoms with Gasteiger partial charge in [-0.15, -0.1) is 24.0 Å². The summed E-state index contributed by atoms with van der Waals surface area (Å²) in [5, 5.41) is 3.26. The molecule has 1 aliphatic heterocycles. The SMILES string of the molecule is Cc1ccc(NC(N)=NCC2(N3CCSCC3)CCCC2)cc1C.I. The zero-order valence-corrected chi connectivity index (χ0v) is 18.5. The van der Waals surface area contributed by atoms with Gasteiger partial charge in [0.1, 0.15) is 0 Å². The van der Waals surface area contributed by atoms with Gasteiger partial charge in [0, 0.05) is 35.8 Å². The summed E-state index contributed by atoms with van der Waals surface area (Å²) in [4.78, 5) is 7.42. The van der Waals surface area contributed by atoms with Gasteiger partial charge in [0.05, 0.1) is 6.54 Å². The largest absolute Gasteiger partial charge is 0.370 e. The Morgan fingerprint density at radius 1 is 1.20 bits per heavy atom. The van der Waals surface area contributed by atoms with Crippen LogP contribution in [0.1, 0.15) is 36.8 Å². The Morgan fingerprint density at radius 3 is 2.52 bits per heavy atom. The van der Waals surface area contributed by atoms with Crippen LogP contribution < -0.4 is 11.1 Å². The number of halogens is 1. The number of rotatable bonds is 4. The number of aliphatic imine (C=N–C) groups is 1. The summed E-state index contributed by atoms with van der Waals surface area (Å²) < 4.78 is 0. The van der Waals surface area contributed by atoms with Crippen molar-refractivity contribution in [1.82, 2.24) is 4.90 Å². The second-order valence-corrected chi connectivity index (χ2v) is 8.38. The molecule has 0 radical (unpaired) electrons. The number of nitrogens with two attached hydrogens (primary N) is 1. The van der Waals surface area contributed by atoms with Crippen molar-refractivity contribution in [2.24, 2.45) is 10.7 Å². The smallest absolute Gasteiger partial charge is 0.193 e. The number of hydrogen-bond acceptors (Lipinski definition) is 3. The summed E-state index contributed by atoms with van der Waals surface area (Å²) in [5.74, 6) is 3.04. The first-order valence-corrected chi connectivity index (χ1v) is 10.2. The number of guanidine groups is 1. The topological polar surface area (TPSA) is 53.6 Å². The minimum atomic E-state index is 0. The molecule has 140 valence electrons. The summed E-state index contributed by atoms with van der Waals surface area (Å²) in [6.45, 7) is 7.46. The van der Waals surface area contributed by atoms with Gasteiger partial charge in [0.15, 0.2) is 5.96 Å². The number of anilines is 1. The zero-order valence-electron chi connectivity index (χ0n) is 15.4. The summed E-state index contributed by atoms with van der Waals surface area (Å²) in [6, 6.07) is 6.32. The molecule has 0 unspecified atom stereocenters. The van der Waals surface area contributed by atoms with Crippen LogP contribution in [0.25, 0.3) is 0 Å². The Kier molecular flexibility index (Phi) is 7.89. The van der Waals surface area contributed by atoms with Crippen molar-refractivity contribution in [1.29, 1.82) is 0 Å². The molecule has 2 aliphatic rings. The molecule has 0 spiro atoms. The molecular formula is C19H31IN4S. The molecule has 1 aromatic rings. The standard InChI is InChI=1S/C19H30N4S.HI/c1-15-5-6-17(13-16(15)2)22-18(20)21-14-19(7-3-4-8-19)23-9-11-24-12-10-23;/h5-6,13H,3-4,7-12,14H2,1-2H3,(H3,20,21,22);1H. The van der Waals surface area contributed by atoms with Crippen LogP contribution >= 0.6 is 35.7 Å². The molecule has 2 fully saturated rings. The van der Waals surface area contributed by atoms with Gasteiger partial charge < -0.3 is 11.1 Å². The molecule has 3 N–H and O–H groups in total. The lowest BCUT2D eigenvalue weighted by molar-refractivity contribution is 0.112. The zero-order chi connectivity index (χ0) is 17.0. The van der Waals surface area contributed by atoms with E-state index in [1.165, 1.54) is 61.4 Å². The van der Waals surface area contributed by atoms with Crippen LogP contribution in [0.2, 0.25) is 0 Å². The van der Waals surface area contributed by atoms with E-state index in [-0.39, 0.29) is 29.5 Å². The number of hydrogen-bond donors (Lipinski definition) is 2. The highest BCUT2D eigenvalue weighted by atomic mass is 127. The van der Waals surface area contributed by atoms with E-state index in [4.69, 9.17) is 10.7 Å². The maximum atomic E-state index is 6.18. The molecule has 0 amide bonds. The fourth-order valence-electron chi connectivity index (χ4n) is 3.88. The monoisotopic (exact) mass is 474 g/mol. The third-order valence-electron chi connectivity index (χ3n) is 5.54. The Balaban J connectivity index is 0.00000225. The second kappa shape index (κ2) is 9.46. The van der Waals surface area contributed by atoms with Crippen molar-refractivity contribution in [3.8, 4) is 0 Å². The Morgan fingerprint density at radius 2 is 1.88 bits per heavy atom. The maximum absolute atomic E-state index is 6.18. The molecule has 1 saturated carbocycles. The fourth-order valence-corrected chi connectivity index (χ4v) is 4.79. The molecule has 1 aromatic carbocycles. The van der Waals surface area contributed by atoms with E-state index in [1.54, 1.807) is 0 Å². The van der Waals surface area contributed by atoms with Crippen LogP contribution in [0.15, 0.2) is 23.2 Å². The van der Waals surface area contributed by atoms with Crippen molar-refractivity contribution in [2.45, 2.75) is 45.1 Å². The molecule has 1 heterocycles. The highest BCUT2D eigenvalue weighted by molar-refractivity contribution is 14.0. The van der Waals surface area contributed by atoms with Gasteiger partial charge in [-0.2, -0.15) is 11.8 Å². The van der Waals surface area contributed by atoms with E-state index >= 15 is 0 Å². The van der Waals surface area contributed by atoms with Crippen LogP contribution in [-0.2, 0) is 0 Å². The van der Waals surface area contributed by atoms with E-state index in [0.29, 0.717) is 5.96 Å². The van der Waals surface area contributed by atoms with E-state index in [2.05, 4.69) is 54.0 Å². The van der Waals surface area contributed by atoms with Crippen LogP contribution in [0, 0.1) is 13.8 Å². The van der Waals surface area contributed by atoms with E-state index in [1.807, 2.05) is 0 Å². The highest BCUT2D eigenvalue weighted by Crippen LogP contribution is 2.37. The molecule has 0 atom stereocenters. The summed E-state index contributed by atoms with van der Waals surface area (Å²) >= 11 is 2.07. The second-order valence-electron chi connectivity index (χ2n) is 7.16. The number of thioether (sulfide) groups is 1. The van der Waals surface area contributed by atoms with Gasteiger partial charge >= 0.3 is 0 Å². The van der Waals surface area contributed by atoms with Crippen LogP contribution in [0.5, 0.6) is 0 Å². The first-order chi connectivity index (χ1) is 11.6. The third-order valence-corrected chi connectivity index (χ3v) is 6.48. The number of nitrogens with one attached hydrogen (secondary N) is 1. The predicted molar refractivity (Wildman–Crippen MR) is 122 cm³/mol. The Hall–Kier alpha value is -0.470. The van der Waals surface area contributed by atoms with E-state index in [0.717, 1.165) is 12.2 Å².